The fraction of sp³-hybridized carbons (Fsp3) is 0.235. The number of aryl methyl sites for hydroxylation is 1. The van der Waals surface area contributed by atoms with Crippen LogP contribution in [0.25, 0.3) is 0 Å². The van der Waals surface area contributed by atoms with Crippen LogP contribution < -0.4 is 14.8 Å². The van der Waals surface area contributed by atoms with Crippen LogP contribution in [0.1, 0.15) is 17.5 Å². The van der Waals surface area contributed by atoms with Crippen molar-refractivity contribution < 1.29 is 14.3 Å². The molecule has 1 N–H and O–H groups in total. The van der Waals surface area contributed by atoms with E-state index in [4.69, 9.17) is 21.1 Å². The van der Waals surface area contributed by atoms with Crippen molar-refractivity contribution in [2.45, 2.75) is 19.4 Å². The number of hydrogen-bond acceptors (Lipinski definition) is 3. The van der Waals surface area contributed by atoms with Crippen molar-refractivity contribution in [3.05, 3.63) is 58.6 Å². The molecule has 22 heavy (non-hydrogen) atoms. The van der Waals surface area contributed by atoms with E-state index < -0.39 is 0 Å². The van der Waals surface area contributed by atoms with Crippen LogP contribution in [-0.4, -0.2) is 12.7 Å². The second kappa shape index (κ2) is 6.71. The van der Waals surface area contributed by atoms with Gasteiger partial charge < -0.3 is 14.8 Å². The second-order valence-corrected chi connectivity index (χ2v) is 5.46. The van der Waals surface area contributed by atoms with Crippen LogP contribution >= 0.6 is 11.6 Å². The fourth-order valence-electron chi connectivity index (χ4n) is 2.28. The molecule has 0 spiro atoms. The van der Waals surface area contributed by atoms with Crippen molar-refractivity contribution in [1.82, 2.24) is 5.32 Å². The summed E-state index contributed by atoms with van der Waals surface area (Å²) >= 11 is 6.06. The summed E-state index contributed by atoms with van der Waals surface area (Å²) in [6.45, 7) is 0.705. The maximum Gasteiger partial charge on any atom is 0.231 e. The van der Waals surface area contributed by atoms with E-state index in [2.05, 4.69) is 5.32 Å². The maximum absolute atomic E-state index is 11.9. The topological polar surface area (TPSA) is 47.6 Å². The van der Waals surface area contributed by atoms with E-state index in [9.17, 15) is 4.79 Å². The molecule has 0 atom stereocenters. The van der Waals surface area contributed by atoms with Crippen molar-refractivity contribution in [3.8, 4) is 11.5 Å². The first-order valence-electron chi connectivity index (χ1n) is 7.11. The Morgan fingerprint density at radius 2 is 1.95 bits per heavy atom. The highest BCUT2D eigenvalue weighted by atomic mass is 35.5. The number of carbonyl (C=O) groups is 1. The molecule has 3 rings (SSSR count). The van der Waals surface area contributed by atoms with E-state index in [-0.39, 0.29) is 12.7 Å². The van der Waals surface area contributed by atoms with Gasteiger partial charge in [0.05, 0.1) is 0 Å². The first-order chi connectivity index (χ1) is 10.7. The van der Waals surface area contributed by atoms with Gasteiger partial charge in [-0.2, -0.15) is 0 Å². The average Bonchev–Trinajstić information content (AvgIpc) is 2.99. The smallest absolute Gasteiger partial charge is 0.231 e. The molecule has 0 fully saturated rings. The lowest BCUT2D eigenvalue weighted by atomic mass is 10.1. The summed E-state index contributed by atoms with van der Waals surface area (Å²) in [5.74, 6) is 1.50. The largest absolute Gasteiger partial charge is 0.454 e. The van der Waals surface area contributed by atoms with Gasteiger partial charge in [0.15, 0.2) is 11.5 Å². The minimum atomic E-state index is -0.00223. The number of hydrogen-bond donors (Lipinski definition) is 1. The number of nitrogens with one attached hydrogen (secondary N) is 1. The highest BCUT2D eigenvalue weighted by Gasteiger charge is 2.13. The Labute approximate surface area is 134 Å². The molecule has 1 aliphatic rings. The molecule has 0 radical (unpaired) electrons. The highest BCUT2D eigenvalue weighted by molar-refractivity contribution is 6.31. The Bertz CT molecular complexity index is 687. The third-order valence-corrected chi connectivity index (χ3v) is 3.88. The summed E-state index contributed by atoms with van der Waals surface area (Å²) in [5, 5.41) is 3.55. The lowest BCUT2D eigenvalue weighted by molar-refractivity contribution is -0.121. The quantitative estimate of drug-likeness (QED) is 0.920. The Morgan fingerprint density at radius 1 is 1.14 bits per heavy atom. The zero-order valence-corrected chi connectivity index (χ0v) is 12.7. The molecular weight excluding hydrogens is 302 g/mol. The second-order valence-electron chi connectivity index (χ2n) is 5.06. The first kappa shape index (κ1) is 14.7. The molecule has 1 aliphatic heterocycles. The van der Waals surface area contributed by atoms with Crippen molar-refractivity contribution >= 4 is 17.5 Å². The Hall–Kier alpha value is -2.20. The van der Waals surface area contributed by atoms with Gasteiger partial charge in [-0.15, -0.1) is 0 Å². The Kier molecular flexibility index (Phi) is 4.49. The molecule has 0 saturated heterocycles. The van der Waals surface area contributed by atoms with Gasteiger partial charge in [-0.1, -0.05) is 35.9 Å². The monoisotopic (exact) mass is 317 g/mol. The Balaban J connectivity index is 1.49. The van der Waals surface area contributed by atoms with Gasteiger partial charge in [0, 0.05) is 18.0 Å². The van der Waals surface area contributed by atoms with Crippen molar-refractivity contribution in [2.75, 3.05) is 6.79 Å². The summed E-state index contributed by atoms with van der Waals surface area (Å²) in [7, 11) is 0. The summed E-state index contributed by atoms with van der Waals surface area (Å²) in [6.07, 6.45) is 1.08. The Morgan fingerprint density at radius 3 is 2.82 bits per heavy atom. The van der Waals surface area contributed by atoms with Crippen molar-refractivity contribution in [3.63, 3.8) is 0 Å². The highest BCUT2D eigenvalue weighted by Crippen LogP contribution is 2.32. The van der Waals surface area contributed by atoms with Crippen LogP contribution in [0.5, 0.6) is 11.5 Å². The third kappa shape index (κ3) is 3.52. The van der Waals surface area contributed by atoms with Crippen LogP contribution in [-0.2, 0) is 17.8 Å². The van der Waals surface area contributed by atoms with E-state index in [0.717, 1.165) is 22.6 Å². The first-order valence-corrected chi connectivity index (χ1v) is 7.49. The number of halogens is 1. The number of benzene rings is 2. The number of rotatable bonds is 5. The maximum atomic E-state index is 11.9. The number of fused-ring (bicyclic) bond motifs is 1. The number of amides is 1. The number of ether oxygens (including phenoxy) is 2. The van der Waals surface area contributed by atoms with E-state index >= 15 is 0 Å². The molecule has 2 aromatic carbocycles. The van der Waals surface area contributed by atoms with Gasteiger partial charge in [0.25, 0.3) is 0 Å². The van der Waals surface area contributed by atoms with Crippen LogP contribution in [0, 0.1) is 0 Å². The normalized spacial score (nSPS) is 12.2. The molecule has 1 heterocycles. The van der Waals surface area contributed by atoms with Crippen LogP contribution in [0.15, 0.2) is 42.5 Å². The third-order valence-electron chi connectivity index (χ3n) is 3.51. The molecule has 0 aromatic heterocycles. The minimum absolute atomic E-state index is 0.00223. The average molecular weight is 318 g/mol. The number of carbonyl (C=O) groups excluding carboxylic acids is 1. The molecule has 0 bridgehead atoms. The van der Waals surface area contributed by atoms with E-state index in [1.165, 1.54) is 0 Å². The van der Waals surface area contributed by atoms with Gasteiger partial charge in [-0.25, -0.2) is 0 Å². The predicted octanol–water partition coefficient (Wildman–Crippen LogP) is 3.32. The molecule has 114 valence electrons. The zero-order valence-electron chi connectivity index (χ0n) is 12.0. The van der Waals surface area contributed by atoms with E-state index in [1.807, 2.05) is 42.5 Å². The molecule has 1 amide bonds. The standard InChI is InChI=1S/C17H16ClNO3/c18-14-4-2-1-3-13(14)10-19-17(20)8-6-12-5-7-15-16(9-12)22-11-21-15/h1-5,7,9H,6,8,10-11H2,(H,19,20). The van der Waals surface area contributed by atoms with Crippen LogP contribution in [0.2, 0.25) is 5.02 Å². The SMILES string of the molecule is O=C(CCc1ccc2c(c1)OCO2)NCc1ccccc1Cl. The minimum Gasteiger partial charge on any atom is -0.454 e. The van der Waals surface area contributed by atoms with Gasteiger partial charge in [0.1, 0.15) is 0 Å². The van der Waals surface area contributed by atoms with Gasteiger partial charge in [-0.05, 0) is 35.7 Å². The molecule has 0 saturated carbocycles. The molecule has 2 aromatic rings. The zero-order chi connectivity index (χ0) is 15.4. The van der Waals surface area contributed by atoms with Gasteiger partial charge in [-0.3, -0.25) is 4.79 Å². The van der Waals surface area contributed by atoms with E-state index in [1.54, 1.807) is 0 Å². The molecular formula is C17H16ClNO3. The predicted molar refractivity (Wildman–Crippen MR) is 84.2 cm³/mol. The lowest BCUT2D eigenvalue weighted by Crippen LogP contribution is -2.23. The summed E-state index contributed by atoms with van der Waals surface area (Å²) in [6, 6.07) is 13.2. The lowest BCUT2D eigenvalue weighted by Gasteiger charge is -2.07. The van der Waals surface area contributed by atoms with Crippen LogP contribution in [0.4, 0.5) is 0 Å². The molecule has 0 unspecified atom stereocenters. The van der Waals surface area contributed by atoms with E-state index in [0.29, 0.717) is 24.4 Å². The van der Waals surface area contributed by atoms with Gasteiger partial charge in [0.2, 0.25) is 12.7 Å². The summed E-state index contributed by atoms with van der Waals surface area (Å²) in [5.41, 5.74) is 1.97. The molecule has 5 heteroatoms. The van der Waals surface area contributed by atoms with Gasteiger partial charge >= 0.3 is 0 Å². The summed E-state index contributed by atoms with van der Waals surface area (Å²) in [4.78, 5) is 11.9. The van der Waals surface area contributed by atoms with Crippen molar-refractivity contribution in [2.24, 2.45) is 0 Å². The fourth-order valence-corrected chi connectivity index (χ4v) is 2.48. The molecule has 4 nitrogen and oxygen atoms in total. The van der Waals surface area contributed by atoms with Crippen molar-refractivity contribution in [1.29, 1.82) is 0 Å². The van der Waals surface area contributed by atoms with Crippen LogP contribution in [0.3, 0.4) is 0 Å². The summed E-state index contributed by atoms with van der Waals surface area (Å²) < 4.78 is 10.6. The molecule has 0 aliphatic carbocycles.